The van der Waals surface area contributed by atoms with Crippen LogP contribution >= 0.6 is 0 Å². The lowest BCUT2D eigenvalue weighted by molar-refractivity contribution is 0.0726. The van der Waals surface area contributed by atoms with Crippen molar-refractivity contribution in [2.45, 2.75) is 13.0 Å². The molecule has 8 nitrogen and oxygen atoms in total. The van der Waals surface area contributed by atoms with Crippen LogP contribution in [0.2, 0.25) is 0 Å². The third kappa shape index (κ3) is 5.39. The second-order valence-electron chi connectivity index (χ2n) is 8.31. The first-order chi connectivity index (χ1) is 17.2. The number of imidazole rings is 1. The number of ether oxygens (including phenoxy) is 2. The zero-order chi connectivity index (χ0) is 24.6. The summed E-state index contributed by atoms with van der Waals surface area (Å²) in [4.78, 5) is 29.4. The predicted octanol–water partition coefficient (Wildman–Crippen LogP) is 2.95. The molecule has 2 heterocycles. The van der Waals surface area contributed by atoms with Crippen molar-refractivity contribution in [3.05, 3.63) is 83.4 Å². The Morgan fingerprint density at radius 2 is 1.86 bits per heavy atom. The number of amides is 1. The summed E-state index contributed by atoms with van der Waals surface area (Å²) >= 11 is 0. The van der Waals surface area contributed by atoms with Gasteiger partial charge in [-0.15, -0.1) is 6.58 Å². The van der Waals surface area contributed by atoms with Gasteiger partial charge in [0.15, 0.2) is 0 Å². The molecule has 4 rings (SSSR count). The van der Waals surface area contributed by atoms with Gasteiger partial charge in [0.05, 0.1) is 18.0 Å². The van der Waals surface area contributed by atoms with E-state index in [0.29, 0.717) is 49.1 Å². The molecule has 0 aliphatic carbocycles. The van der Waals surface area contributed by atoms with E-state index in [4.69, 9.17) is 9.47 Å². The third-order valence-corrected chi connectivity index (χ3v) is 5.94. The summed E-state index contributed by atoms with van der Waals surface area (Å²) in [5.41, 5.74) is 2.07. The van der Waals surface area contributed by atoms with E-state index in [-0.39, 0.29) is 18.1 Å². The van der Waals surface area contributed by atoms with Gasteiger partial charge in [-0.2, -0.15) is 0 Å². The Kier molecular flexibility index (Phi) is 8.18. The first-order valence-corrected chi connectivity index (χ1v) is 11.9. The maximum absolute atomic E-state index is 13.8. The molecule has 1 aliphatic rings. The summed E-state index contributed by atoms with van der Waals surface area (Å²) in [7, 11) is 1.66. The van der Waals surface area contributed by atoms with Crippen LogP contribution in [-0.2, 0) is 11.3 Å². The van der Waals surface area contributed by atoms with Gasteiger partial charge in [-0.05, 0) is 12.1 Å². The quantitative estimate of drug-likeness (QED) is 0.360. The van der Waals surface area contributed by atoms with Crippen LogP contribution in [0.3, 0.4) is 0 Å². The molecule has 35 heavy (non-hydrogen) atoms. The van der Waals surface area contributed by atoms with Crippen LogP contribution in [0.15, 0.2) is 72.0 Å². The molecule has 184 valence electrons. The molecule has 1 N–H and O–H groups in total. The minimum absolute atomic E-state index is 0.157. The molecular formula is C27H32N4O4. The van der Waals surface area contributed by atoms with Crippen LogP contribution in [-0.4, -0.2) is 66.4 Å². The number of hydrogen-bond acceptors (Lipinski definition) is 5. The highest BCUT2D eigenvalue weighted by molar-refractivity contribution is 5.99. The van der Waals surface area contributed by atoms with Gasteiger partial charge in [-0.1, -0.05) is 42.5 Å². The van der Waals surface area contributed by atoms with E-state index in [9.17, 15) is 9.59 Å². The molecule has 8 heteroatoms. The van der Waals surface area contributed by atoms with Gasteiger partial charge < -0.3 is 19.7 Å². The summed E-state index contributed by atoms with van der Waals surface area (Å²) in [5.74, 6) is 0.492. The Balaban J connectivity index is 1.87. The standard InChI is InChI=1S/C27H32N4O4/c1-3-15-30-25(26(32)29-16-13-28-14-17-29)24(21-9-5-4-6-10-21)31(27(30)33)22-11-7-12-23(20-22)35-19-8-18-34-2/h3-7,9-12,20,28H,1,8,13-19H2,2H3. The largest absolute Gasteiger partial charge is 0.493 e. The number of nitrogens with one attached hydrogen (secondary N) is 1. The number of methoxy groups -OCH3 is 1. The van der Waals surface area contributed by atoms with Gasteiger partial charge in [0, 0.05) is 64.5 Å². The Hall–Kier alpha value is -3.62. The SMILES string of the molecule is C=CCn1c(C(=O)N2CCNCC2)c(-c2ccccc2)n(-c2cccc(OCCCOC)c2)c1=O. The van der Waals surface area contributed by atoms with Crippen molar-refractivity contribution in [3.8, 4) is 22.7 Å². The molecule has 1 amide bonds. The number of carbonyl (C=O) groups is 1. The number of piperazine rings is 1. The van der Waals surface area contributed by atoms with Gasteiger partial charge in [0.1, 0.15) is 11.4 Å². The van der Waals surface area contributed by atoms with E-state index in [1.165, 1.54) is 4.57 Å². The number of carbonyl (C=O) groups excluding carboxylic acids is 1. The minimum Gasteiger partial charge on any atom is -0.493 e. The van der Waals surface area contributed by atoms with Gasteiger partial charge in [-0.3, -0.25) is 13.9 Å². The zero-order valence-electron chi connectivity index (χ0n) is 20.1. The Morgan fingerprint density at radius 3 is 2.57 bits per heavy atom. The van der Waals surface area contributed by atoms with Gasteiger partial charge >= 0.3 is 5.69 Å². The summed E-state index contributed by atoms with van der Waals surface area (Å²) in [6.07, 6.45) is 2.40. The number of hydrogen-bond donors (Lipinski definition) is 1. The van der Waals surface area contributed by atoms with Gasteiger partial charge in [0.2, 0.25) is 0 Å². The number of nitrogens with zero attached hydrogens (tertiary/aromatic N) is 3. The van der Waals surface area contributed by atoms with Crippen LogP contribution < -0.4 is 15.7 Å². The molecule has 0 radical (unpaired) electrons. The molecule has 0 unspecified atom stereocenters. The third-order valence-electron chi connectivity index (χ3n) is 5.94. The van der Waals surface area contributed by atoms with Crippen molar-refractivity contribution in [2.75, 3.05) is 46.5 Å². The van der Waals surface area contributed by atoms with E-state index in [1.807, 2.05) is 54.6 Å². The molecule has 1 fully saturated rings. The lowest BCUT2D eigenvalue weighted by Crippen LogP contribution is -2.47. The van der Waals surface area contributed by atoms with Crippen molar-refractivity contribution >= 4 is 5.91 Å². The minimum atomic E-state index is -0.293. The smallest absolute Gasteiger partial charge is 0.334 e. The van der Waals surface area contributed by atoms with Crippen molar-refractivity contribution in [3.63, 3.8) is 0 Å². The summed E-state index contributed by atoms with van der Waals surface area (Å²) in [6.45, 7) is 7.79. The Morgan fingerprint density at radius 1 is 1.09 bits per heavy atom. The van der Waals surface area contributed by atoms with Crippen molar-refractivity contribution < 1.29 is 14.3 Å². The number of aromatic nitrogens is 2. The van der Waals surface area contributed by atoms with Crippen LogP contribution in [0.25, 0.3) is 16.9 Å². The van der Waals surface area contributed by atoms with Crippen LogP contribution in [0, 0.1) is 0 Å². The van der Waals surface area contributed by atoms with E-state index >= 15 is 0 Å². The van der Waals surface area contributed by atoms with Gasteiger partial charge in [-0.25, -0.2) is 4.79 Å². The maximum Gasteiger partial charge on any atom is 0.334 e. The first-order valence-electron chi connectivity index (χ1n) is 11.9. The van der Waals surface area contributed by atoms with Crippen LogP contribution in [0.1, 0.15) is 16.9 Å². The van der Waals surface area contributed by atoms with Crippen molar-refractivity contribution in [1.29, 1.82) is 0 Å². The molecule has 1 aliphatic heterocycles. The van der Waals surface area contributed by atoms with Crippen molar-refractivity contribution in [1.82, 2.24) is 19.4 Å². The first kappa shape index (κ1) is 24.5. The molecule has 0 spiro atoms. The molecule has 3 aromatic rings. The topological polar surface area (TPSA) is 77.7 Å². The monoisotopic (exact) mass is 476 g/mol. The average Bonchev–Trinajstić information content (AvgIpc) is 3.19. The molecule has 0 saturated carbocycles. The maximum atomic E-state index is 13.8. The predicted molar refractivity (Wildman–Crippen MR) is 136 cm³/mol. The van der Waals surface area contributed by atoms with E-state index in [1.54, 1.807) is 22.7 Å². The highest BCUT2D eigenvalue weighted by atomic mass is 16.5. The number of rotatable bonds is 10. The van der Waals surface area contributed by atoms with Crippen LogP contribution in [0.5, 0.6) is 5.75 Å². The fourth-order valence-corrected chi connectivity index (χ4v) is 4.29. The molecule has 1 aromatic heterocycles. The number of benzene rings is 2. The lowest BCUT2D eigenvalue weighted by atomic mass is 10.1. The second-order valence-corrected chi connectivity index (χ2v) is 8.31. The van der Waals surface area contributed by atoms with Crippen molar-refractivity contribution in [2.24, 2.45) is 0 Å². The molecule has 0 atom stereocenters. The summed E-state index contributed by atoms with van der Waals surface area (Å²) in [6, 6.07) is 17.0. The fourth-order valence-electron chi connectivity index (χ4n) is 4.29. The Bertz CT molecular complexity index is 1210. The molecule has 2 aromatic carbocycles. The van der Waals surface area contributed by atoms with E-state index < -0.39 is 0 Å². The Labute approximate surface area is 205 Å². The fraction of sp³-hybridized carbons (Fsp3) is 0.333. The number of allylic oxidation sites excluding steroid dienone is 1. The summed E-state index contributed by atoms with van der Waals surface area (Å²) < 4.78 is 14.1. The van der Waals surface area contributed by atoms with E-state index in [2.05, 4.69) is 11.9 Å². The second kappa shape index (κ2) is 11.7. The molecule has 0 bridgehead atoms. The lowest BCUT2D eigenvalue weighted by Gasteiger charge is -2.28. The molecule has 1 saturated heterocycles. The van der Waals surface area contributed by atoms with Crippen LogP contribution in [0.4, 0.5) is 0 Å². The summed E-state index contributed by atoms with van der Waals surface area (Å²) in [5, 5.41) is 3.27. The zero-order valence-corrected chi connectivity index (χ0v) is 20.1. The average molecular weight is 477 g/mol. The highest BCUT2D eigenvalue weighted by Gasteiger charge is 2.30. The van der Waals surface area contributed by atoms with E-state index in [0.717, 1.165) is 25.1 Å². The normalized spacial score (nSPS) is 13.6. The van der Waals surface area contributed by atoms with Gasteiger partial charge in [0.25, 0.3) is 5.91 Å². The molecular weight excluding hydrogens is 444 g/mol. The highest BCUT2D eigenvalue weighted by Crippen LogP contribution is 2.29.